The maximum Gasteiger partial charge on any atom is 0.125 e. The van der Waals surface area contributed by atoms with Crippen LogP contribution in [0.25, 0.3) is 0 Å². The molecule has 0 spiro atoms. The van der Waals surface area contributed by atoms with Crippen molar-refractivity contribution in [2.75, 3.05) is 11.9 Å². The lowest BCUT2D eigenvalue weighted by atomic mass is 9.94. The molecule has 3 N–H and O–H groups in total. The highest BCUT2D eigenvalue weighted by Gasteiger charge is 2.17. The van der Waals surface area contributed by atoms with Gasteiger partial charge in [0.1, 0.15) is 5.82 Å². The molecule has 0 amide bonds. The number of benzene rings is 1. The summed E-state index contributed by atoms with van der Waals surface area (Å²) in [5.41, 5.74) is 6.38. The first kappa shape index (κ1) is 14.3. The summed E-state index contributed by atoms with van der Waals surface area (Å²) >= 11 is 6.02. The fourth-order valence-corrected chi connectivity index (χ4v) is 2.21. The second-order valence-electron chi connectivity index (χ2n) is 4.19. The van der Waals surface area contributed by atoms with E-state index in [-0.39, 0.29) is 11.9 Å². The molecule has 1 aromatic rings. The molecule has 0 bridgehead atoms. The summed E-state index contributed by atoms with van der Waals surface area (Å²) in [6.07, 6.45) is 2.08. The minimum absolute atomic E-state index is 0.129. The van der Waals surface area contributed by atoms with Crippen molar-refractivity contribution in [1.82, 2.24) is 0 Å². The molecule has 1 atom stereocenters. The predicted molar refractivity (Wildman–Crippen MR) is 71.9 cm³/mol. The third-order valence-electron chi connectivity index (χ3n) is 3.14. The molecule has 0 fully saturated rings. The average Bonchev–Trinajstić information content (AvgIpc) is 2.33. The predicted octanol–water partition coefficient (Wildman–Crippen LogP) is 3.65. The van der Waals surface area contributed by atoms with Crippen molar-refractivity contribution in [2.45, 2.75) is 32.7 Å². The summed E-state index contributed by atoms with van der Waals surface area (Å²) in [7, 11) is 0. The number of rotatable bonds is 6. The van der Waals surface area contributed by atoms with Crippen LogP contribution in [0.1, 0.15) is 26.7 Å². The van der Waals surface area contributed by atoms with Gasteiger partial charge < -0.3 is 11.1 Å². The van der Waals surface area contributed by atoms with E-state index in [1.807, 2.05) is 0 Å². The number of hydrogen-bond donors (Lipinski definition) is 2. The van der Waals surface area contributed by atoms with E-state index < -0.39 is 0 Å². The summed E-state index contributed by atoms with van der Waals surface area (Å²) in [5.74, 6) is 0.177. The van der Waals surface area contributed by atoms with Gasteiger partial charge in [0.15, 0.2) is 0 Å². The first-order chi connectivity index (χ1) is 8.12. The second kappa shape index (κ2) is 6.82. The number of halogens is 2. The van der Waals surface area contributed by atoms with Gasteiger partial charge in [-0.2, -0.15) is 0 Å². The molecule has 1 aromatic carbocycles. The third-order valence-corrected chi connectivity index (χ3v) is 3.47. The van der Waals surface area contributed by atoms with Crippen molar-refractivity contribution >= 4 is 17.3 Å². The maximum absolute atomic E-state index is 13.1. The van der Waals surface area contributed by atoms with Gasteiger partial charge in [0.25, 0.3) is 0 Å². The van der Waals surface area contributed by atoms with Gasteiger partial charge in [-0.25, -0.2) is 4.39 Å². The van der Waals surface area contributed by atoms with Crippen LogP contribution in [-0.2, 0) is 0 Å². The Morgan fingerprint density at radius 3 is 2.53 bits per heavy atom. The van der Waals surface area contributed by atoms with E-state index in [1.54, 1.807) is 6.07 Å². The van der Waals surface area contributed by atoms with Gasteiger partial charge in [0, 0.05) is 12.6 Å². The van der Waals surface area contributed by atoms with Crippen molar-refractivity contribution in [3.63, 3.8) is 0 Å². The van der Waals surface area contributed by atoms with Crippen LogP contribution in [0.3, 0.4) is 0 Å². The smallest absolute Gasteiger partial charge is 0.125 e. The minimum atomic E-state index is -0.294. The van der Waals surface area contributed by atoms with E-state index in [0.717, 1.165) is 12.8 Å². The molecule has 17 heavy (non-hydrogen) atoms. The number of anilines is 1. The molecule has 0 aliphatic carbocycles. The van der Waals surface area contributed by atoms with Crippen LogP contribution in [-0.4, -0.2) is 12.6 Å². The Morgan fingerprint density at radius 2 is 2.00 bits per heavy atom. The van der Waals surface area contributed by atoms with Crippen molar-refractivity contribution in [3.8, 4) is 0 Å². The largest absolute Gasteiger partial charge is 0.379 e. The topological polar surface area (TPSA) is 38.0 Å². The lowest BCUT2D eigenvalue weighted by Gasteiger charge is -2.26. The van der Waals surface area contributed by atoms with Crippen molar-refractivity contribution in [3.05, 3.63) is 29.0 Å². The molecule has 0 aliphatic heterocycles. The van der Waals surface area contributed by atoms with Crippen molar-refractivity contribution < 1.29 is 4.39 Å². The van der Waals surface area contributed by atoms with Crippen LogP contribution in [0.15, 0.2) is 18.2 Å². The Morgan fingerprint density at radius 1 is 1.35 bits per heavy atom. The van der Waals surface area contributed by atoms with E-state index in [9.17, 15) is 4.39 Å². The normalized spacial score (nSPS) is 12.8. The van der Waals surface area contributed by atoms with Crippen LogP contribution in [0.5, 0.6) is 0 Å². The fraction of sp³-hybridized carbons (Fsp3) is 0.538. The molecular weight excluding hydrogens is 239 g/mol. The number of nitrogens with two attached hydrogens (primary N) is 1. The van der Waals surface area contributed by atoms with Crippen molar-refractivity contribution in [2.24, 2.45) is 11.7 Å². The molecule has 0 radical (unpaired) electrons. The molecule has 0 saturated carbocycles. The number of nitrogens with one attached hydrogen (secondary N) is 1. The number of hydrogen-bond acceptors (Lipinski definition) is 2. The molecule has 2 nitrogen and oxygen atoms in total. The minimum Gasteiger partial charge on any atom is -0.379 e. The molecule has 0 heterocycles. The Labute approximate surface area is 107 Å². The lowest BCUT2D eigenvalue weighted by molar-refractivity contribution is 0.422. The van der Waals surface area contributed by atoms with Gasteiger partial charge in [-0.05, 0) is 24.1 Å². The molecule has 0 aromatic heterocycles. The standard InChI is InChI=1S/C13H20ClFN2/c1-3-9(4-2)13(8-16)17-12-7-10(15)5-6-11(12)14/h5-7,9,13,17H,3-4,8,16H2,1-2H3. The molecule has 0 aliphatic rings. The highest BCUT2D eigenvalue weighted by Crippen LogP contribution is 2.25. The van der Waals surface area contributed by atoms with E-state index in [0.29, 0.717) is 23.2 Å². The lowest BCUT2D eigenvalue weighted by Crippen LogP contribution is -2.36. The van der Waals surface area contributed by atoms with Gasteiger partial charge >= 0.3 is 0 Å². The zero-order chi connectivity index (χ0) is 12.8. The van der Waals surface area contributed by atoms with Crippen LogP contribution < -0.4 is 11.1 Å². The first-order valence-corrected chi connectivity index (χ1v) is 6.41. The van der Waals surface area contributed by atoms with E-state index in [1.165, 1.54) is 12.1 Å². The Hall–Kier alpha value is -0.800. The van der Waals surface area contributed by atoms with Crippen LogP contribution in [0.4, 0.5) is 10.1 Å². The highest BCUT2D eigenvalue weighted by molar-refractivity contribution is 6.33. The zero-order valence-corrected chi connectivity index (χ0v) is 11.1. The first-order valence-electron chi connectivity index (χ1n) is 6.04. The summed E-state index contributed by atoms with van der Waals surface area (Å²) in [5, 5.41) is 3.77. The Balaban J connectivity index is 2.83. The fourth-order valence-electron chi connectivity index (χ4n) is 2.03. The van der Waals surface area contributed by atoms with Gasteiger partial charge in [-0.1, -0.05) is 38.3 Å². The Kier molecular flexibility index (Phi) is 5.72. The van der Waals surface area contributed by atoms with E-state index >= 15 is 0 Å². The van der Waals surface area contributed by atoms with E-state index in [2.05, 4.69) is 19.2 Å². The van der Waals surface area contributed by atoms with Gasteiger partial charge in [0.2, 0.25) is 0 Å². The third kappa shape index (κ3) is 3.86. The molecule has 0 saturated heterocycles. The zero-order valence-electron chi connectivity index (χ0n) is 10.3. The van der Waals surface area contributed by atoms with Gasteiger partial charge in [-0.3, -0.25) is 0 Å². The molecular formula is C13H20ClFN2. The van der Waals surface area contributed by atoms with Crippen LogP contribution >= 0.6 is 11.6 Å². The van der Waals surface area contributed by atoms with Crippen LogP contribution in [0, 0.1) is 11.7 Å². The van der Waals surface area contributed by atoms with Crippen LogP contribution in [0.2, 0.25) is 5.02 Å². The second-order valence-corrected chi connectivity index (χ2v) is 4.59. The molecule has 4 heteroatoms. The highest BCUT2D eigenvalue weighted by atomic mass is 35.5. The summed E-state index contributed by atoms with van der Waals surface area (Å²) in [6.45, 7) is 4.77. The molecule has 1 unspecified atom stereocenters. The quantitative estimate of drug-likeness (QED) is 0.817. The molecule has 1 rings (SSSR count). The summed E-state index contributed by atoms with van der Waals surface area (Å²) in [4.78, 5) is 0. The van der Waals surface area contributed by atoms with Crippen molar-refractivity contribution in [1.29, 1.82) is 0 Å². The SMILES string of the molecule is CCC(CC)C(CN)Nc1cc(F)ccc1Cl. The summed E-state index contributed by atoms with van der Waals surface area (Å²) in [6, 6.07) is 4.44. The monoisotopic (exact) mass is 258 g/mol. The average molecular weight is 259 g/mol. The maximum atomic E-state index is 13.1. The van der Waals surface area contributed by atoms with Gasteiger partial charge in [0.05, 0.1) is 10.7 Å². The van der Waals surface area contributed by atoms with Gasteiger partial charge in [-0.15, -0.1) is 0 Å². The summed E-state index contributed by atoms with van der Waals surface area (Å²) < 4.78 is 13.1. The van der Waals surface area contributed by atoms with E-state index in [4.69, 9.17) is 17.3 Å². The molecule has 96 valence electrons. The Bertz CT molecular complexity index is 353.